The van der Waals surface area contributed by atoms with Crippen LogP contribution in [0, 0.1) is 29.9 Å². The normalized spacial score (nSPS) is 15.3. The summed E-state index contributed by atoms with van der Waals surface area (Å²) in [7, 11) is 2.95. The molecular weight excluding hydrogens is 458 g/mol. The third-order valence-electron chi connectivity index (χ3n) is 6.37. The fraction of sp³-hybridized carbons (Fsp3) is 0.280. The zero-order chi connectivity index (χ0) is 25.4. The third-order valence-corrected chi connectivity index (χ3v) is 6.37. The summed E-state index contributed by atoms with van der Waals surface area (Å²) in [6, 6.07) is 8.27. The van der Waals surface area contributed by atoms with Crippen molar-refractivity contribution in [3.05, 3.63) is 75.2 Å². The monoisotopic (exact) mass is 482 g/mol. The first-order valence-corrected chi connectivity index (χ1v) is 11.0. The van der Waals surface area contributed by atoms with Gasteiger partial charge in [0, 0.05) is 12.6 Å². The highest BCUT2D eigenvalue weighted by Crippen LogP contribution is 2.29. The number of nitrogens with zero attached hydrogens (tertiary/aromatic N) is 2. The van der Waals surface area contributed by atoms with Crippen LogP contribution in [0.5, 0.6) is 5.75 Å². The maximum atomic E-state index is 14.3. The zero-order valence-electron chi connectivity index (χ0n) is 19.4. The van der Waals surface area contributed by atoms with E-state index in [0.29, 0.717) is 30.6 Å². The Labute approximate surface area is 199 Å². The molecule has 1 atom stereocenters. The number of hydrogen-bond acceptors (Lipinski definition) is 5. The topological polar surface area (TPSA) is 106 Å². The molecule has 2 aromatic carbocycles. The molecular formula is C25H24F2N4O4. The molecule has 0 radical (unpaired) electrons. The number of aryl methyl sites for hydroxylation is 1. The summed E-state index contributed by atoms with van der Waals surface area (Å²) in [6.45, 7) is 1.50. The molecule has 0 spiro atoms. The molecule has 10 heteroatoms. The lowest BCUT2D eigenvalue weighted by Gasteiger charge is -2.15. The first-order valence-electron chi connectivity index (χ1n) is 11.0. The molecule has 182 valence electrons. The number of ether oxygens (including phenoxy) is 1. The minimum atomic E-state index is -0.986. The number of fused-ring (bicyclic) bond motifs is 1. The Morgan fingerprint density at radius 3 is 2.51 bits per heavy atom. The van der Waals surface area contributed by atoms with E-state index in [1.165, 1.54) is 31.8 Å². The molecule has 1 aliphatic rings. The number of para-hydroxylation sites is 1. The van der Waals surface area contributed by atoms with E-state index in [4.69, 9.17) is 10.1 Å². The lowest BCUT2D eigenvalue weighted by molar-refractivity contribution is -0.110. The van der Waals surface area contributed by atoms with E-state index in [9.17, 15) is 23.2 Å². The summed E-state index contributed by atoms with van der Waals surface area (Å²) in [5, 5.41) is 10.8. The zero-order valence-corrected chi connectivity index (χ0v) is 19.4. The van der Waals surface area contributed by atoms with Gasteiger partial charge in [0.1, 0.15) is 22.8 Å². The molecule has 0 aliphatic heterocycles. The number of benzene rings is 2. The average molecular weight is 482 g/mol. The predicted octanol–water partition coefficient (Wildman–Crippen LogP) is 3.56. The number of anilines is 1. The van der Waals surface area contributed by atoms with Crippen LogP contribution in [0.15, 0.2) is 41.2 Å². The number of carbonyl (C=O) groups is 2. The second-order valence-corrected chi connectivity index (χ2v) is 8.37. The van der Waals surface area contributed by atoms with Gasteiger partial charge >= 0.3 is 0 Å². The molecule has 0 bridgehead atoms. The van der Waals surface area contributed by atoms with Crippen LogP contribution in [-0.4, -0.2) is 33.9 Å². The number of rotatable bonds is 5. The van der Waals surface area contributed by atoms with E-state index in [-0.39, 0.29) is 17.2 Å². The molecule has 1 aromatic heterocycles. The largest absolute Gasteiger partial charge is 0.497 e. The van der Waals surface area contributed by atoms with Crippen LogP contribution in [0.1, 0.15) is 34.5 Å². The lowest BCUT2D eigenvalue weighted by atomic mass is 9.90. The SMILES string of the molecule is COc1ccc2c(c1)CCCC(C(=N)C(=O)Nc1c(C)n(C)n(-c3c(F)cccc3F)c1=O)C2=O. The van der Waals surface area contributed by atoms with Gasteiger partial charge in [-0.05, 0) is 62.1 Å². The van der Waals surface area contributed by atoms with Crippen molar-refractivity contribution in [2.75, 3.05) is 12.4 Å². The van der Waals surface area contributed by atoms with Crippen LogP contribution in [-0.2, 0) is 18.3 Å². The highest BCUT2D eigenvalue weighted by atomic mass is 19.1. The second kappa shape index (κ2) is 9.28. The molecule has 4 rings (SSSR count). The van der Waals surface area contributed by atoms with E-state index in [1.807, 2.05) is 0 Å². The van der Waals surface area contributed by atoms with Crippen molar-refractivity contribution in [3.8, 4) is 11.4 Å². The van der Waals surface area contributed by atoms with Gasteiger partial charge in [0.05, 0.1) is 18.7 Å². The molecule has 1 aliphatic carbocycles. The molecule has 1 amide bonds. The summed E-state index contributed by atoms with van der Waals surface area (Å²) in [4.78, 5) is 39.2. The molecule has 3 aromatic rings. The van der Waals surface area contributed by atoms with Crippen molar-refractivity contribution in [2.24, 2.45) is 13.0 Å². The van der Waals surface area contributed by atoms with Crippen LogP contribution >= 0.6 is 0 Å². The number of hydrogen-bond donors (Lipinski definition) is 2. The van der Waals surface area contributed by atoms with Crippen molar-refractivity contribution in [3.63, 3.8) is 0 Å². The first-order chi connectivity index (χ1) is 16.6. The van der Waals surface area contributed by atoms with Crippen molar-refractivity contribution in [1.82, 2.24) is 9.36 Å². The molecule has 0 fully saturated rings. The van der Waals surface area contributed by atoms with Gasteiger partial charge in [-0.15, -0.1) is 0 Å². The first kappa shape index (κ1) is 24.1. The molecule has 1 unspecified atom stereocenters. The number of carbonyl (C=O) groups excluding carboxylic acids is 2. The van der Waals surface area contributed by atoms with E-state index >= 15 is 0 Å². The van der Waals surface area contributed by atoms with Gasteiger partial charge in [-0.2, -0.15) is 0 Å². The number of halogens is 2. The maximum absolute atomic E-state index is 14.3. The smallest absolute Gasteiger partial charge is 0.295 e. The molecule has 8 nitrogen and oxygen atoms in total. The molecule has 35 heavy (non-hydrogen) atoms. The van der Waals surface area contributed by atoms with Gasteiger partial charge in [-0.3, -0.25) is 24.5 Å². The van der Waals surface area contributed by atoms with Gasteiger partial charge in [-0.1, -0.05) is 6.07 Å². The Kier molecular flexibility index (Phi) is 6.38. The Hall–Kier alpha value is -4.08. The van der Waals surface area contributed by atoms with Gasteiger partial charge in [-0.25, -0.2) is 13.5 Å². The summed E-state index contributed by atoms with van der Waals surface area (Å²) >= 11 is 0. The summed E-state index contributed by atoms with van der Waals surface area (Å²) in [5.41, 5.74) is -0.702. The lowest BCUT2D eigenvalue weighted by Crippen LogP contribution is -2.35. The number of ketones is 1. The summed E-state index contributed by atoms with van der Waals surface area (Å²) < 4.78 is 35.9. The number of nitrogens with one attached hydrogen (secondary N) is 2. The molecule has 0 saturated carbocycles. The highest BCUT2D eigenvalue weighted by Gasteiger charge is 2.33. The summed E-state index contributed by atoms with van der Waals surface area (Å²) in [6.07, 6.45) is 1.47. The molecule has 1 heterocycles. The highest BCUT2D eigenvalue weighted by molar-refractivity contribution is 6.46. The van der Waals surface area contributed by atoms with Crippen molar-refractivity contribution in [1.29, 1.82) is 5.41 Å². The number of amides is 1. The Balaban J connectivity index is 1.64. The molecule has 0 saturated heterocycles. The fourth-order valence-electron chi connectivity index (χ4n) is 4.37. The van der Waals surface area contributed by atoms with E-state index in [1.54, 1.807) is 18.2 Å². The van der Waals surface area contributed by atoms with Gasteiger partial charge < -0.3 is 10.1 Å². The van der Waals surface area contributed by atoms with Crippen LogP contribution in [0.2, 0.25) is 0 Å². The van der Waals surface area contributed by atoms with Crippen molar-refractivity contribution in [2.45, 2.75) is 26.2 Å². The average Bonchev–Trinajstić information content (AvgIpc) is 2.96. The second-order valence-electron chi connectivity index (χ2n) is 8.37. The van der Waals surface area contributed by atoms with Crippen LogP contribution in [0.3, 0.4) is 0 Å². The summed E-state index contributed by atoms with van der Waals surface area (Å²) in [5.74, 6) is -3.54. The number of aromatic nitrogens is 2. The van der Waals surface area contributed by atoms with Crippen LogP contribution in [0.25, 0.3) is 5.69 Å². The molecule has 2 N–H and O–H groups in total. The fourth-order valence-corrected chi connectivity index (χ4v) is 4.37. The maximum Gasteiger partial charge on any atom is 0.295 e. The van der Waals surface area contributed by atoms with Crippen molar-refractivity contribution >= 4 is 23.1 Å². The predicted molar refractivity (Wildman–Crippen MR) is 126 cm³/mol. The van der Waals surface area contributed by atoms with Crippen LogP contribution < -0.4 is 15.6 Å². The van der Waals surface area contributed by atoms with E-state index < -0.39 is 40.4 Å². The Bertz CT molecular complexity index is 1400. The van der Waals surface area contributed by atoms with Gasteiger partial charge in [0.2, 0.25) is 0 Å². The third kappa shape index (κ3) is 4.16. The Morgan fingerprint density at radius 2 is 1.86 bits per heavy atom. The Morgan fingerprint density at radius 1 is 1.17 bits per heavy atom. The quantitative estimate of drug-likeness (QED) is 0.428. The minimum Gasteiger partial charge on any atom is -0.497 e. The number of Topliss-reactive ketones (excluding diaryl/α,β-unsaturated/α-hetero) is 1. The van der Waals surface area contributed by atoms with E-state index in [2.05, 4.69) is 5.32 Å². The minimum absolute atomic E-state index is 0.225. The standard InChI is InChI=1S/C25H24F2N4O4/c1-13-21(25(34)31(30(13)2)22-18(26)8-5-9-19(22)27)29-24(33)20(28)17-7-4-6-14-12-15(35-3)10-11-16(14)23(17)32/h5,8-12,17,28H,4,6-7H2,1-3H3,(H,29,33). The van der Waals surface area contributed by atoms with E-state index in [0.717, 1.165) is 22.4 Å². The number of methoxy groups -OCH3 is 1. The van der Waals surface area contributed by atoms with Gasteiger partial charge in [0.25, 0.3) is 11.5 Å². The van der Waals surface area contributed by atoms with Crippen molar-refractivity contribution < 1.29 is 23.1 Å². The van der Waals surface area contributed by atoms with Gasteiger partial charge in [0.15, 0.2) is 17.4 Å². The van der Waals surface area contributed by atoms with Crippen LogP contribution in [0.4, 0.5) is 14.5 Å².